The van der Waals surface area contributed by atoms with Gasteiger partial charge in [0, 0.05) is 22.7 Å². The molecule has 0 saturated carbocycles. The SMILES string of the molecule is NCc1ccccc1Cl.O=C(CCl)Nc1ccccc1C(=O)c1ccc(Cl)c(Cl)c1. The molecule has 0 saturated heterocycles. The zero-order chi connectivity index (χ0) is 22.1. The maximum Gasteiger partial charge on any atom is 0.239 e. The summed E-state index contributed by atoms with van der Waals surface area (Å²) in [6.45, 7) is 0.514. The Kier molecular flexibility index (Phi) is 9.63. The van der Waals surface area contributed by atoms with E-state index in [1.54, 1.807) is 36.4 Å². The number of nitrogens with one attached hydrogen (secondary N) is 1. The number of ketones is 1. The number of alkyl halides is 1. The summed E-state index contributed by atoms with van der Waals surface area (Å²) in [7, 11) is 0. The highest BCUT2D eigenvalue weighted by Crippen LogP contribution is 2.26. The van der Waals surface area contributed by atoms with Gasteiger partial charge in [0.15, 0.2) is 5.78 Å². The van der Waals surface area contributed by atoms with Crippen LogP contribution in [0.3, 0.4) is 0 Å². The van der Waals surface area contributed by atoms with Crippen LogP contribution in [0.1, 0.15) is 21.5 Å². The highest BCUT2D eigenvalue weighted by molar-refractivity contribution is 6.42. The number of hydrogen-bond donors (Lipinski definition) is 2. The molecule has 4 nitrogen and oxygen atoms in total. The topological polar surface area (TPSA) is 72.2 Å². The first-order chi connectivity index (χ1) is 14.4. The van der Waals surface area contributed by atoms with Crippen molar-refractivity contribution < 1.29 is 9.59 Å². The average Bonchev–Trinajstić information content (AvgIpc) is 2.76. The summed E-state index contributed by atoms with van der Waals surface area (Å²) >= 11 is 23.0. The predicted octanol–water partition coefficient (Wildman–Crippen LogP) is 6.20. The number of benzene rings is 3. The van der Waals surface area contributed by atoms with E-state index in [2.05, 4.69) is 5.32 Å². The summed E-state index contributed by atoms with van der Waals surface area (Å²) in [6.07, 6.45) is 0. The van der Waals surface area contributed by atoms with E-state index < -0.39 is 0 Å². The molecule has 0 spiro atoms. The second kappa shape index (κ2) is 11.9. The first-order valence-electron chi connectivity index (χ1n) is 8.75. The fraction of sp³-hybridized carbons (Fsp3) is 0.0909. The molecule has 0 fully saturated rings. The van der Waals surface area contributed by atoms with Gasteiger partial charge in [0.05, 0.1) is 15.7 Å². The lowest BCUT2D eigenvalue weighted by atomic mass is 10.0. The van der Waals surface area contributed by atoms with E-state index in [0.29, 0.717) is 33.4 Å². The van der Waals surface area contributed by atoms with Gasteiger partial charge in [-0.1, -0.05) is 65.1 Å². The lowest BCUT2D eigenvalue weighted by molar-refractivity contribution is -0.113. The third-order valence-corrected chi connectivity index (χ3v) is 5.28. The molecule has 0 radical (unpaired) electrons. The van der Waals surface area contributed by atoms with E-state index in [1.807, 2.05) is 24.3 Å². The van der Waals surface area contributed by atoms with Gasteiger partial charge < -0.3 is 11.1 Å². The maximum absolute atomic E-state index is 12.5. The van der Waals surface area contributed by atoms with Crippen LogP contribution in [0.25, 0.3) is 0 Å². The minimum atomic E-state index is -0.383. The molecular formula is C22H18Cl4N2O2. The van der Waals surface area contributed by atoms with Crippen LogP contribution in [0.5, 0.6) is 0 Å². The Labute approximate surface area is 194 Å². The standard InChI is InChI=1S/C15H10Cl3NO2.C7H8ClN/c16-8-14(20)19-13-4-2-1-3-10(13)15(21)9-5-6-11(17)12(18)7-9;8-7-4-2-1-3-6(7)5-9/h1-7H,8H2,(H,19,20);1-4H,5,9H2. The van der Waals surface area contributed by atoms with Crippen LogP contribution in [0.4, 0.5) is 5.69 Å². The molecule has 0 aliphatic heterocycles. The molecule has 156 valence electrons. The van der Waals surface area contributed by atoms with Gasteiger partial charge in [0.25, 0.3) is 0 Å². The molecule has 0 aliphatic carbocycles. The molecule has 3 rings (SSSR count). The molecule has 1 amide bonds. The molecule has 8 heteroatoms. The van der Waals surface area contributed by atoms with Crippen molar-refractivity contribution in [2.45, 2.75) is 6.54 Å². The van der Waals surface area contributed by atoms with Crippen molar-refractivity contribution in [1.82, 2.24) is 0 Å². The summed E-state index contributed by atoms with van der Waals surface area (Å²) < 4.78 is 0. The van der Waals surface area contributed by atoms with Crippen LogP contribution < -0.4 is 11.1 Å². The molecular weight excluding hydrogens is 466 g/mol. The van der Waals surface area contributed by atoms with Crippen LogP contribution in [0, 0.1) is 0 Å². The zero-order valence-electron chi connectivity index (χ0n) is 15.7. The Bertz CT molecular complexity index is 1040. The Morgan fingerprint density at radius 2 is 1.50 bits per heavy atom. The van der Waals surface area contributed by atoms with Crippen LogP contribution in [-0.2, 0) is 11.3 Å². The number of carbonyl (C=O) groups excluding carboxylic acids is 2. The van der Waals surface area contributed by atoms with Crippen molar-refractivity contribution in [3.05, 3.63) is 98.5 Å². The van der Waals surface area contributed by atoms with Crippen molar-refractivity contribution in [2.24, 2.45) is 5.73 Å². The van der Waals surface area contributed by atoms with E-state index in [4.69, 9.17) is 52.1 Å². The number of rotatable bonds is 5. The lowest BCUT2D eigenvalue weighted by Crippen LogP contribution is -2.15. The van der Waals surface area contributed by atoms with Crippen molar-refractivity contribution in [3.63, 3.8) is 0 Å². The molecule has 30 heavy (non-hydrogen) atoms. The predicted molar refractivity (Wildman–Crippen MR) is 125 cm³/mol. The Morgan fingerprint density at radius 1 is 0.833 bits per heavy atom. The molecule has 0 unspecified atom stereocenters. The van der Waals surface area contributed by atoms with Gasteiger partial charge >= 0.3 is 0 Å². The molecule has 0 aliphatic rings. The van der Waals surface area contributed by atoms with Gasteiger partial charge in [-0.05, 0) is 42.0 Å². The van der Waals surface area contributed by atoms with Crippen LogP contribution in [0.2, 0.25) is 15.1 Å². The largest absolute Gasteiger partial charge is 0.326 e. The fourth-order valence-corrected chi connectivity index (χ4v) is 3.01. The number of hydrogen-bond acceptors (Lipinski definition) is 3. The van der Waals surface area contributed by atoms with Crippen molar-refractivity contribution in [2.75, 3.05) is 11.2 Å². The van der Waals surface area contributed by atoms with Gasteiger partial charge in [-0.2, -0.15) is 0 Å². The highest BCUT2D eigenvalue weighted by atomic mass is 35.5. The highest BCUT2D eigenvalue weighted by Gasteiger charge is 2.15. The molecule has 0 bridgehead atoms. The Morgan fingerprint density at radius 3 is 2.10 bits per heavy atom. The smallest absolute Gasteiger partial charge is 0.239 e. The first kappa shape index (κ1) is 24.2. The monoisotopic (exact) mass is 482 g/mol. The zero-order valence-corrected chi connectivity index (χ0v) is 18.7. The first-order valence-corrected chi connectivity index (χ1v) is 10.4. The quantitative estimate of drug-likeness (QED) is 0.335. The Balaban J connectivity index is 0.000000297. The fourth-order valence-electron chi connectivity index (χ4n) is 2.43. The van der Waals surface area contributed by atoms with Gasteiger partial charge in [-0.15, -0.1) is 11.6 Å². The summed E-state index contributed by atoms with van der Waals surface area (Å²) in [5.74, 6) is -0.833. The van der Waals surface area contributed by atoms with Gasteiger partial charge in [0.1, 0.15) is 5.88 Å². The van der Waals surface area contributed by atoms with Gasteiger partial charge in [-0.25, -0.2) is 0 Å². The number of para-hydroxylation sites is 1. The number of nitrogens with two attached hydrogens (primary N) is 1. The van der Waals surface area contributed by atoms with Crippen molar-refractivity contribution in [1.29, 1.82) is 0 Å². The van der Waals surface area contributed by atoms with Crippen molar-refractivity contribution in [3.8, 4) is 0 Å². The number of carbonyl (C=O) groups is 2. The Hall–Kier alpha value is -2.08. The maximum atomic E-state index is 12.5. The van der Waals surface area contributed by atoms with Gasteiger partial charge in [0.2, 0.25) is 5.91 Å². The third-order valence-electron chi connectivity index (χ3n) is 3.93. The van der Waals surface area contributed by atoms with Crippen LogP contribution in [-0.4, -0.2) is 17.6 Å². The number of amides is 1. The van der Waals surface area contributed by atoms with Gasteiger partial charge in [-0.3, -0.25) is 9.59 Å². The van der Waals surface area contributed by atoms with E-state index in [9.17, 15) is 9.59 Å². The summed E-state index contributed by atoms with van der Waals surface area (Å²) in [4.78, 5) is 23.9. The van der Waals surface area contributed by atoms with E-state index in [1.165, 1.54) is 6.07 Å². The molecule has 3 N–H and O–H groups in total. The summed E-state index contributed by atoms with van der Waals surface area (Å²) in [5.41, 5.74) is 7.51. The number of anilines is 1. The van der Waals surface area contributed by atoms with Crippen molar-refractivity contribution >= 4 is 63.8 Å². The minimum Gasteiger partial charge on any atom is -0.326 e. The molecule has 3 aromatic carbocycles. The second-order valence-corrected chi connectivity index (χ2v) is 7.47. The second-order valence-electron chi connectivity index (χ2n) is 5.98. The normalized spacial score (nSPS) is 10.0. The summed E-state index contributed by atoms with van der Waals surface area (Å²) in [6, 6.07) is 18.9. The van der Waals surface area contributed by atoms with E-state index >= 15 is 0 Å². The molecule has 3 aromatic rings. The average molecular weight is 484 g/mol. The van der Waals surface area contributed by atoms with E-state index in [-0.39, 0.29) is 17.6 Å². The minimum absolute atomic E-state index is 0.185. The van der Waals surface area contributed by atoms with Crippen LogP contribution in [0.15, 0.2) is 66.7 Å². The molecule has 0 heterocycles. The molecule has 0 atom stereocenters. The van der Waals surface area contributed by atoms with E-state index in [0.717, 1.165) is 10.6 Å². The lowest BCUT2D eigenvalue weighted by Gasteiger charge is -2.10. The van der Waals surface area contributed by atoms with Crippen LogP contribution >= 0.6 is 46.4 Å². The third kappa shape index (κ3) is 6.73. The number of halogens is 4. The molecule has 0 aromatic heterocycles. The summed E-state index contributed by atoms with van der Waals surface area (Å²) in [5, 5.41) is 4.00.